The number of pyridine rings is 1. The van der Waals surface area contributed by atoms with Gasteiger partial charge in [0.05, 0.1) is 28.8 Å². The SMILES string of the molecule is COC(=O)c1ccc2c(C)cc(-c3ccc(S(=O)(=O)N4C[C@@H](O)[C@H](F)C4)cc3F)nc2c1. The number of benzene rings is 2. The second-order valence-corrected chi connectivity index (χ2v) is 9.53. The molecule has 1 saturated heterocycles. The summed E-state index contributed by atoms with van der Waals surface area (Å²) in [6.07, 6.45) is -3.10. The van der Waals surface area contributed by atoms with Crippen LogP contribution >= 0.6 is 0 Å². The van der Waals surface area contributed by atoms with Gasteiger partial charge in [-0.25, -0.2) is 27.0 Å². The number of ether oxygens (including phenoxy) is 1. The number of esters is 1. The number of aliphatic hydroxyl groups excluding tert-OH is 1. The van der Waals surface area contributed by atoms with E-state index >= 15 is 0 Å². The van der Waals surface area contributed by atoms with Crippen LogP contribution in [-0.4, -0.2) is 61.3 Å². The summed E-state index contributed by atoms with van der Waals surface area (Å²) in [4.78, 5) is 15.9. The largest absolute Gasteiger partial charge is 0.465 e. The summed E-state index contributed by atoms with van der Waals surface area (Å²) in [5.41, 5.74) is 1.88. The first-order valence-corrected chi connectivity index (χ1v) is 11.2. The van der Waals surface area contributed by atoms with Gasteiger partial charge in [-0.15, -0.1) is 0 Å². The Kier molecular flexibility index (Phi) is 5.70. The van der Waals surface area contributed by atoms with Gasteiger partial charge in [0.15, 0.2) is 0 Å². The smallest absolute Gasteiger partial charge is 0.337 e. The second-order valence-electron chi connectivity index (χ2n) is 7.59. The van der Waals surface area contributed by atoms with Crippen LogP contribution in [0.1, 0.15) is 15.9 Å². The molecule has 32 heavy (non-hydrogen) atoms. The molecule has 2 heterocycles. The highest BCUT2D eigenvalue weighted by molar-refractivity contribution is 7.89. The minimum atomic E-state index is -4.17. The Hall–Kier alpha value is -2.95. The molecule has 0 radical (unpaired) electrons. The van der Waals surface area contributed by atoms with Crippen LogP contribution < -0.4 is 0 Å². The molecule has 168 valence electrons. The molecule has 2 atom stereocenters. The van der Waals surface area contributed by atoms with E-state index in [4.69, 9.17) is 4.74 Å². The number of aliphatic hydroxyl groups is 1. The lowest BCUT2D eigenvalue weighted by molar-refractivity contribution is 0.0601. The molecule has 10 heteroatoms. The Balaban J connectivity index is 1.73. The molecule has 0 saturated carbocycles. The van der Waals surface area contributed by atoms with Crippen LogP contribution in [0.2, 0.25) is 0 Å². The third kappa shape index (κ3) is 3.85. The van der Waals surface area contributed by atoms with Gasteiger partial charge in [0.25, 0.3) is 0 Å². The second kappa shape index (κ2) is 8.19. The molecule has 1 aliphatic heterocycles. The molecule has 0 bridgehead atoms. The van der Waals surface area contributed by atoms with Gasteiger partial charge < -0.3 is 9.84 Å². The number of β-amino-alcohol motifs (C(OH)–C–C–N with tert-alkyl or cyclic N) is 1. The Morgan fingerprint density at radius 1 is 1.19 bits per heavy atom. The molecule has 0 unspecified atom stereocenters. The van der Waals surface area contributed by atoms with Crippen LogP contribution in [0.15, 0.2) is 47.4 Å². The van der Waals surface area contributed by atoms with Gasteiger partial charge in [-0.05, 0) is 48.9 Å². The van der Waals surface area contributed by atoms with Crippen molar-refractivity contribution in [3.63, 3.8) is 0 Å². The van der Waals surface area contributed by atoms with Gasteiger partial charge in [-0.2, -0.15) is 4.31 Å². The number of halogens is 2. The molecule has 1 aromatic heterocycles. The van der Waals surface area contributed by atoms with E-state index in [-0.39, 0.29) is 22.7 Å². The number of hydrogen-bond acceptors (Lipinski definition) is 6. The Labute approximate surface area is 183 Å². The molecule has 4 rings (SSSR count). The predicted octanol–water partition coefficient (Wildman–Crippen LogP) is 2.84. The third-order valence-corrected chi connectivity index (χ3v) is 7.31. The number of methoxy groups -OCH3 is 1. The quantitative estimate of drug-likeness (QED) is 0.599. The molecule has 0 spiro atoms. The van der Waals surface area contributed by atoms with E-state index in [1.165, 1.54) is 19.2 Å². The Bertz CT molecular complexity index is 1320. The zero-order valence-electron chi connectivity index (χ0n) is 17.2. The van der Waals surface area contributed by atoms with Crippen molar-refractivity contribution in [3.8, 4) is 11.3 Å². The summed E-state index contributed by atoms with van der Waals surface area (Å²) in [5.74, 6) is -1.35. The summed E-state index contributed by atoms with van der Waals surface area (Å²) in [5, 5.41) is 10.3. The van der Waals surface area contributed by atoms with Crippen LogP contribution in [0.5, 0.6) is 0 Å². The molecule has 0 aliphatic carbocycles. The number of carbonyl (C=O) groups is 1. The highest BCUT2D eigenvalue weighted by Crippen LogP contribution is 2.30. The normalized spacial score (nSPS) is 19.4. The highest BCUT2D eigenvalue weighted by atomic mass is 32.2. The number of carbonyl (C=O) groups excluding carboxylic acids is 1. The van der Waals surface area contributed by atoms with Crippen LogP contribution in [0.25, 0.3) is 22.2 Å². The predicted molar refractivity (Wildman–Crippen MR) is 113 cm³/mol. The van der Waals surface area contributed by atoms with Gasteiger partial charge >= 0.3 is 5.97 Å². The van der Waals surface area contributed by atoms with Crippen molar-refractivity contribution in [1.82, 2.24) is 9.29 Å². The number of aromatic nitrogens is 1. The average Bonchev–Trinajstić information content (AvgIpc) is 3.11. The maximum Gasteiger partial charge on any atom is 0.337 e. The van der Waals surface area contributed by atoms with Crippen molar-refractivity contribution in [2.75, 3.05) is 20.2 Å². The number of alkyl halides is 1. The number of sulfonamides is 1. The van der Waals surface area contributed by atoms with Crippen molar-refractivity contribution in [2.24, 2.45) is 0 Å². The third-order valence-electron chi connectivity index (χ3n) is 5.48. The van der Waals surface area contributed by atoms with E-state index in [9.17, 15) is 27.1 Å². The highest BCUT2D eigenvalue weighted by Gasteiger charge is 2.39. The summed E-state index contributed by atoms with van der Waals surface area (Å²) in [6.45, 7) is 0.940. The van der Waals surface area contributed by atoms with E-state index in [0.717, 1.165) is 21.3 Å². The van der Waals surface area contributed by atoms with E-state index in [1.807, 2.05) is 6.92 Å². The van der Waals surface area contributed by atoms with Crippen molar-refractivity contribution >= 4 is 26.9 Å². The molecule has 7 nitrogen and oxygen atoms in total. The molecular formula is C22H20F2N2O5S. The lowest BCUT2D eigenvalue weighted by Crippen LogP contribution is -2.29. The minimum Gasteiger partial charge on any atom is -0.465 e. The van der Waals surface area contributed by atoms with Crippen LogP contribution in [0.3, 0.4) is 0 Å². The maximum absolute atomic E-state index is 15.0. The number of fused-ring (bicyclic) bond motifs is 1. The number of rotatable bonds is 4. The number of aryl methyl sites for hydroxylation is 1. The van der Waals surface area contributed by atoms with Crippen LogP contribution in [-0.2, 0) is 14.8 Å². The van der Waals surface area contributed by atoms with Crippen molar-refractivity contribution in [3.05, 3.63) is 59.4 Å². The van der Waals surface area contributed by atoms with E-state index in [0.29, 0.717) is 11.1 Å². The summed E-state index contributed by atoms with van der Waals surface area (Å²) < 4.78 is 59.5. The summed E-state index contributed by atoms with van der Waals surface area (Å²) in [7, 11) is -2.90. The standard InChI is InChI=1S/C22H20F2N2O5S/c1-12-7-19(25-20-8-13(22(28)31-2)3-5-15(12)20)16-6-4-14(9-17(16)23)32(29,30)26-10-18(24)21(27)11-26/h3-9,18,21,27H,10-11H2,1-2H3/t18-,21-/m1/s1. The van der Waals surface area contributed by atoms with Gasteiger partial charge in [0, 0.05) is 24.0 Å². The number of hydrogen-bond donors (Lipinski definition) is 1. The average molecular weight is 462 g/mol. The monoisotopic (exact) mass is 462 g/mol. The lowest BCUT2D eigenvalue weighted by Gasteiger charge is -2.16. The molecule has 2 aromatic carbocycles. The first kappa shape index (κ1) is 22.3. The fourth-order valence-electron chi connectivity index (χ4n) is 3.71. The fourth-order valence-corrected chi connectivity index (χ4v) is 5.19. The van der Waals surface area contributed by atoms with Crippen LogP contribution in [0.4, 0.5) is 8.78 Å². The summed E-state index contributed by atoms with van der Waals surface area (Å²) >= 11 is 0. The van der Waals surface area contributed by atoms with Gasteiger partial charge in [0.1, 0.15) is 18.1 Å². The van der Waals surface area contributed by atoms with Crippen molar-refractivity contribution < 1.29 is 31.8 Å². The first-order valence-electron chi connectivity index (χ1n) is 9.73. The molecule has 1 aliphatic rings. The topological polar surface area (TPSA) is 96.8 Å². The van der Waals surface area contributed by atoms with E-state index in [1.54, 1.807) is 24.3 Å². The molecular weight excluding hydrogens is 442 g/mol. The van der Waals surface area contributed by atoms with Crippen molar-refractivity contribution in [2.45, 2.75) is 24.1 Å². The number of nitrogens with zero attached hydrogens (tertiary/aromatic N) is 2. The zero-order valence-corrected chi connectivity index (χ0v) is 18.1. The molecule has 0 amide bonds. The summed E-state index contributed by atoms with van der Waals surface area (Å²) in [6, 6.07) is 9.91. The van der Waals surface area contributed by atoms with Crippen molar-refractivity contribution in [1.29, 1.82) is 0 Å². The Morgan fingerprint density at radius 2 is 1.94 bits per heavy atom. The van der Waals surface area contributed by atoms with E-state index in [2.05, 4.69) is 4.98 Å². The van der Waals surface area contributed by atoms with E-state index < -0.39 is 40.6 Å². The fraction of sp³-hybridized carbons (Fsp3) is 0.273. The molecule has 1 N–H and O–H groups in total. The van der Waals surface area contributed by atoms with Gasteiger partial charge in [-0.1, -0.05) is 6.07 Å². The maximum atomic E-state index is 15.0. The van der Waals surface area contributed by atoms with Gasteiger partial charge in [-0.3, -0.25) is 0 Å². The van der Waals surface area contributed by atoms with Gasteiger partial charge in [0.2, 0.25) is 10.0 Å². The Morgan fingerprint density at radius 3 is 2.56 bits per heavy atom. The lowest BCUT2D eigenvalue weighted by atomic mass is 10.0. The first-order chi connectivity index (χ1) is 15.1. The minimum absolute atomic E-state index is 0.0715. The zero-order chi connectivity index (χ0) is 23.2. The molecule has 3 aromatic rings. The molecule has 1 fully saturated rings. The van der Waals surface area contributed by atoms with Crippen LogP contribution in [0, 0.1) is 12.7 Å².